The van der Waals surface area contributed by atoms with Gasteiger partial charge in [0.25, 0.3) is 0 Å². The monoisotopic (exact) mass is 343 g/mol. The van der Waals surface area contributed by atoms with E-state index in [0.717, 1.165) is 29.3 Å². The summed E-state index contributed by atoms with van der Waals surface area (Å²) < 4.78 is 1.04. The molecule has 3 heteroatoms. The van der Waals surface area contributed by atoms with Gasteiger partial charge in [-0.15, -0.1) is 0 Å². The van der Waals surface area contributed by atoms with E-state index >= 15 is 0 Å². The van der Waals surface area contributed by atoms with Crippen molar-refractivity contribution in [3.63, 3.8) is 0 Å². The van der Waals surface area contributed by atoms with Crippen LogP contribution in [0.5, 0.6) is 0 Å². The van der Waals surface area contributed by atoms with Crippen LogP contribution in [0.15, 0.2) is 53.0 Å². The Bertz CT molecular complexity index is 636. The molecule has 1 aliphatic rings. The Morgan fingerprint density at radius 2 is 1.90 bits per heavy atom. The first-order valence-electron chi connectivity index (χ1n) is 7.34. The fraction of sp³-hybridized carbons (Fsp3) is 0.278. The van der Waals surface area contributed by atoms with Crippen LogP contribution in [0.4, 0.5) is 0 Å². The van der Waals surface area contributed by atoms with E-state index in [-0.39, 0.29) is 11.9 Å². The molecule has 21 heavy (non-hydrogen) atoms. The first-order valence-corrected chi connectivity index (χ1v) is 8.13. The van der Waals surface area contributed by atoms with Crippen molar-refractivity contribution in [3.05, 3.63) is 69.7 Å². The summed E-state index contributed by atoms with van der Waals surface area (Å²) in [4.78, 5) is 12.3. The Morgan fingerprint density at radius 3 is 2.71 bits per heavy atom. The second kappa shape index (κ2) is 6.44. The van der Waals surface area contributed by atoms with E-state index in [2.05, 4.69) is 45.5 Å². The number of fused-ring (bicyclic) bond motifs is 1. The van der Waals surface area contributed by atoms with Gasteiger partial charge < -0.3 is 5.32 Å². The van der Waals surface area contributed by atoms with Crippen molar-refractivity contribution in [1.29, 1.82) is 0 Å². The lowest BCUT2D eigenvalue weighted by atomic mass is 9.87. The molecule has 1 N–H and O–H groups in total. The first kappa shape index (κ1) is 14.3. The molecule has 1 atom stereocenters. The Labute approximate surface area is 133 Å². The van der Waals surface area contributed by atoms with Gasteiger partial charge in [0.1, 0.15) is 0 Å². The molecule has 0 unspecified atom stereocenters. The van der Waals surface area contributed by atoms with Crippen LogP contribution < -0.4 is 5.32 Å². The summed E-state index contributed by atoms with van der Waals surface area (Å²) in [6, 6.07) is 16.5. The van der Waals surface area contributed by atoms with E-state index in [1.165, 1.54) is 11.1 Å². The fourth-order valence-corrected chi connectivity index (χ4v) is 3.20. The molecule has 108 valence electrons. The van der Waals surface area contributed by atoms with Gasteiger partial charge in [-0.25, -0.2) is 0 Å². The zero-order valence-corrected chi connectivity index (χ0v) is 13.4. The molecule has 0 fully saturated rings. The largest absolute Gasteiger partial charge is 0.349 e. The molecule has 0 saturated heterocycles. The maximum atomic E-state index is 12.3. The molecule has 0 bridgehead atoms. The average Bonchev–Trinajstić information content (AvgIpc) is 2.50. The summed E-state index contributed by atoms with van der Waals surface area (Å²) in [5.74, 6) is 0.0963. The molecule has 0 heterocycles. The fourth-order valence-electron chi connectivity index (χ4n) is 2.94. The zero-order chi connectivity index (χ0) is 14.7. The Balaban J connectivity index is 1.67. The van der Waals surface area contributed by atoms with Gasteiger partial charge in [-0.05, 0) is 48.1 Å². The summed E-state index contributed by atoms with van der Waals surface area (Å²) in [5.41, 5.74) is 3.70. The lowest BCUT2D eigenvalue weighted by molar-refractivity contribution is -0.121. The van der Waals surface area contributed by atoms with E-state index < -0.39 is 0 Å². The van der Waals surface area contributed by atoms with E-state index in [0.29, 0.717) is 6.42 Å². The standard InChI is InChI=1S/C18H18BrNO/c19-15-10-8-13(9-11-15)12-18(21)20-17-7-3-5-14-4-1-2-6-16(14)17/h1-2,4,6,8-11,17H,3,5,7,12H2,(H,20,21)/t17-/m1/s1. The van der Waals surface area contributed by atoms with Gasteiger partial charge in [0.05, 0.1) is 12.5 Å². The number of nitrogens with one attached hydrogen (secondary N) is 1. The lowest BCUT2D eigenvalue weighted by Gasteiger charge is -2.26. The smallest absolute Gasteiger partial charge is 0.224 e. The van der Waals surface area contributed by atoms with Crippen molar-refractivity contribution in [2.45, 2.75) is 31.7 Å². The first-order chi connectivity index (χ1) is 10.2. The summed E-state index contributed by atoms with van der Waals surface area (Å²) >= 11 is 3.41. The summed E-state index contributed by atoms with van der Waals surface area (Å²) in [5, 5.41) is 3.19. The molecule has 0 aromatic heterocycles. The van der Waals surface area contributed by atoms with Crippen molar-refractivity contribution in [2.24, 2.45) is 0 Å². The number of carbonyl (C=O) groups is 1. The van der Waals surface area contributed by atoms with Crippen molar-refractivity contribution >= 4 is 21.8 Å². The predicted molar refractivity (Wildman–Crippen MR) is 88.1 cm³/mol. The molecule has 0 aliphatic heterocycles. The molecule has 1 amide bonds. The van der Waals surface area contributed by atoms with Crippen molar-refractivity contribution in [3.8, 4) is 0 Å². The van der Waals surface area contributed by atoms with E-state index in [9.17, 15) is 4.79 Å². The van der Waals surface area contributed by atoms with Crippen molar-refractivity contribution in [1.82, 2.24) is 5.32 Å². The number of hydrogen-bond acceptors (Lipinski definition) is 1. The molecule has 2 nitrogen and oxygen atoms in total. The van der Waals surface area contributed by atoms with Crippen LogP contribution >= 0.6 is 15.9 Å². The van der Waals surface area contributed by atoms with Crippen LogP contribution in [-0.4, -0.2) is 5.91 Å². The number of halogens is 1. The highest BCUT2D eigenvalue weighted by Gasteiger charge is 2.21. The molecular formula is C18H18BrNO. The van der Waals surface area contributed by atoms with Gasteiger partial charge in [0.2, 0.25) is 5.91 Å². The SMILES string of the molecule is O=C(Cc1ccc(Br)cc1)N[C@@H]1CCCc2ccccc21. The number of amides is 1. The third-order valence-corrected chi connectivity index (χ3v) is 4.51. The molecule has 0 saturated carbocycles. The van der Waals surface area contributed by atoms with Gasteiger partial charge in [-0.2, -0.15) is 0 Å². The molecule has 0 radical (unpaired) electrons. The highest BCUT2D eigenvalue weighted by Crippen LogP contribution is 2.29. The van der Waals surface area contributed by atoms with Crippen LogP contribution in [0.3, 0.4) is 0 Å². The Morgan fingerprint density at radius 1 is 1.14 bits per heavy atom. The van der Waals surface area contributed by atoms with E-state index in [1.54, 1.807) is 0 Å². The van der Waals surface area contributed by atoms with Crippen LogP contribution in [0, 0.1) is 0 Å². The predicted octanol–water partition coefficient (Wildman–Crippen LogP) is 4.19. The number of rotatable bonds is 3. The van der Waals surface area contributed by atoms with Crippen molar-refractivity contribution < 1.29 is 4.79 Å². The summed E-state index contributed by atoms with van der Waals surface area (Å²) in [7, 11) is 0. The van der Waals surface area contributed by atoms with Crippen molar-refractivity contribution in [2.75, 3.05) is 0 Å². The van der Waals surface area contributed by atoms with E-state index in [1.807, 2.05) is 24.3 Å². The number of benzene rings is 2. The maximum absolute atomic E-state index is 12.3. The third-order valence-electron chi connectivity index (χ3n) is 3.98. The van der Waals surface area contributed by atoms with Crippen LogP contribution in [0.2, 0.25) is 0 Å². The highest BCUT2D eigenvalue weighted by molar-refractivity contribution is 9.10. The Kier molecular flexibility index (Phi) is 4.39. The van der Waals surface area contributed by atoms with Gasteiger partial charge in [-0.1, -0.05) is 52.3 Å². The average molecular weight is 344 g/mol. The number of aryl methyl sites for hydroxylation is 1. The molecular weight excluding hydrogens is 326 g/mol. The molecule has 2 aromatic carbocycles. The Hall–Kier alpha value is -1.61. The lowest BCUT2D eigenvalue weighted by Crippen LogP contribution is -2.32. The zero-order valence-electron chi connectivity index (χ0n) is 11.8. The second-order valence-corrected chi connectivity index (χ2v) is 6.43. The number of carbonyl (C=O) groups excluding carboxylic acids is 1. The minimum absolute atomic E-state index is 0.0963. The van der Waals surface area contributed by atoms with E-state index in [4.69, 9.17) is 0 Å². The van der Waals surface area contributed by atoms with Gasteiger partial charge in [-0.3, -0.25) is 4.79 Å². The van der Waals surface area contributed by atoms with Gasteiger partial charge in [0, 0.05) is 4.47 Å². The minimum Gasteiger partial charge on any atom is -0.349 e. The maximum Gasteiger partial charge on any atom is 0.224 e. The summed E-state index contributed by atoms with van der Waals surface area (Å²) in [6.45, 7) is 0. The molecule has 3 rings (SSSR count). The van der Waals surface area contributed by atoms with Crippen LogP contribution in [0.25, 0.3) is 0 Å². The second-order valence-electron chi connectivity index (χ2n) is 5.51. The highest BCUT2D eigenvalue weighted by atomic mass is 79.9. The van der Waals surface area contributed by atoms with Crippen LogP contribution in [-0.2, 0) is 17.6 Å². The number of hydrogen-bond donors (Lipinski definition) is 1. The molecule has 2 aromatic rings. The third kappa shape index (κ3) is 3.53. The van der Waals surface area contributed by atoms with Crippen LogP contribution in [0.1, 0.15) is 35.6 Å². The molecule has 1 aliphatic carbocycles. The molecule has 0 spiro atoms. The minimum atomic E-state index is 0.0963. The summed E-state index contributed by atoms with van der Waals surface area (Å²) in [6.07, 6.45) is 3.73. The topological polar surface area (TPSA) is 29.1 Å². The van der Waals surface area contributed by atoms with Gasteiger partial charge in [0.15, 0.2) is 0 Å². The quantitative estimate of drug-likeness (QED) is 0.889. The normalized spacial score (nSPS) is 17.1. The van der Waals surface area contributed by atoms with Gasteiger partial charge >= 0.3 is 0 Å².